The van der Waals surface area contributed by atoms with Crippen LogP contribution in [0.4, 0.5) is 0 Å². The van der Waals surface area contributed by atoms with Gasteiger partial charge in [0.25, 0.3) is 0 Å². The van der Waals surface area contributed by atoms with E-state index in [9.17, 15) is 0 Å². The monoisotopic (exact) mass is 290 g/mol. The lowest BCUT2D eigenvalue weighted by atomic mass is 9.79. The van der Waals surface area contributed by atoms with Crippen molar-refractivity contribution in [1.29, 1.82) is 0 Å². The van der Waals surface area contributed by atoms with Crippen LogP contribution in [-0.4, -0.2) is 24.9 Å². The van der Waals surface area contributed by atoms with Crippen molar-refractivity contribution < 1.29 is 14.0 Å². The minimum Gasteiger partial charge on any atom is -0.399 e. The van der Waals surface area contributed by atoms with Crippen LogP contribution in [0, 0.1) is 5.92 Å². The van der Waals surface area contributed by atoms with Crippen LogP contribution < -0.4 is 5.46 Å². The average molecular weight is 290 g/mol. The molecule has 1 aromatic carbocycles. The Morgan fingerprint density at radius 2 is 1.52 bits per heavy atom. The first-order chi connectivity index (χ1) is 9.71. The Kier molecular flexibility index (Phi) is 4.81. The smallest absolute Gasteiger partial charge is 0.399 e. The molecule has 1 fully saturated rings. The summed E-state index contributed by atoms with van der Waals surface area (Å²) < 4.78 is 17.7. The van der Waals surface area contributed by atoms with Gasteiger partial charge in [-0.2, -0.15) is 0 Å². The van der Waals surface area contributed by atoms with Crippen molar-refractivity contribution in [2.45, 2.75) is 59.4 Å². The van der Waals surface area contributed by atoms with E-state index in [1.165, 1.54) is 5.56 Å². The molecule has 1 heterocycles. The number of hydrogen-bond acceptors (Lipinski definition) is 3. The molecule has 0 N–H and O–H groups in total. The van der Waals surface area contributed by atoms with E-state index in [-0.39, 0.29) is 18.3 Å². The first-order valence-electron chi connectivity index (χ1n) is 7.73. The van der Waals surface area contributed by atoms with E-state index in [0.717, 1.165) is 12.1 Å². The third-order valence-electron chi connectivity index (χ3n) is 4.23. The molecule has 1 saturated heterocycles. The molecule has 21 heavy (non-hydrogen) atoms. The van der Waals surface area contributed by atoms with Crippen LogP contribution in [0.5, 0.6) is 0 Å². The van der Waals surface area contributed by atoms with Crippen molar-refractivity contribution in [1.82, 2.24) is 0 Å². The lowest BCUT2D eigenvalue weighted by Crippen LogP contribution is -2.41. The van der Waals surface area contributed by atoms with E-state index in [2.05, 4.69) is 65.8 Å². The summed E-state index contributed by atoms with van der Waals surface area (Å²) in [4.78, 5) is 0. The summed E-state index contributed by atoms with van der Waals surface area (Å²) in [5, 5.41) is 0. The van der Waals surface area contributed by atoms with Crippen molar-refractivity contribution in [2.75, 3.05) is 6.61 Å². The largest absolute Gasteiger partial charge is 0.494 e. The molecule has 0 radical (unpaired) electrons. The van der Waals surface area contributed by atoms with Gasteiger partial charge in [-0.15, -0.1) is 0 Å². The molecule has 0 saturated carbocycles. The maximum absolute atomic E-state index is 6.05. The molecule has 1 aliphatic rings. The van der Waals surface area contributed by atoms with Crippen molar-refractivity contribution in [2.24, 2.45) is 5.92 Å². The van der Waals surface area contributed by atoms with Crippen LogP contribution in [0.2, 0.25) is 0 Å². The van der Waals surface area contributed by atoms with Gasteiger partial charge in [-0.1, -0.05) is 38.1 Å². The molecule has 3 nitrogen and oxygen atoms in total. The minimum absolute atomic E-state index is 0.291. The summed E-state index contributed by atoms with van der Waals surface area (Å²) in [5.74, 6) is 0.564. The maximum Gasteiger partial charge on any atom is 0.494 e. The second-order valence-corrected chi connectivity index (χ2v) is 7.24. The second kappa shape index (κ2) is 6.11. The summed E-state index contributed by atoms with van der Waals surface area (Å²) in [5.41, 5.74) is 1.64. The molecule has 0 aliphatic carbocycles. The molecule has 1 aliphatic heterocycles. The summed E-state index contributed by atoms with van der Waals surface area (Å²) in [6, 6.07) is 8.30. The molecule has 0 aromatic heterocycles. The quantitative estimate of drug-likeness (QED) is 0.780. The zero-order valence-corrected chi connectivity index (χ0v) is 14.1. The number of benzene rings is 1. The molecule has 116 valence electrons. The highest BCUT2D eigenvalue weighted by Crippen LogP contribution is 2.36. The molecule has 0 amide bonds. The lowest BCUT2D eigenvalue weighted by molar-refractivity contribution is 0.00578. The third-order valence-corrected chi connectivity index (χ3v) is 4.23. The summed E-state index contributed by atoms with van der Waals surface area (Å²) >= 11 is 0. The summed E-state index contributed by atoms with van der Waals surface area (Å²) in [6.45, 7) is 14.0. The van der Waals surface area contributed by atoms with Gasteiger partial charge in [-0.25, -0.2) is 0 Å². The van der Waals surface area contributed by atoms with Crippen LogP contribution in [-0.2, 0) is 20.7 Å². The second-order valence-electron chi connectivity index (χ2n) is 7.24. The highest BCUT2D eigenvalue weighted by atomic mass is 16.7. The van der Waals surface area contributed by atoms with Gasteiger partial charge >= 0.3 is 7.12 Å². The number of rotatable bonds is 5. The van der Waals surface area contributed by atoms with Crippen molar-refractivity contribution in [3.63, 3.8) is 0 Å². The number of hydrogen-bond donors (Lipinski definition) is 0. The molecule has 1 aromatic rings. The highest BCUT2D eigenvalue weighted by Gasteiger charge is 2.51. The van der Waals surface area contributed by atoms with Gasteiger partial charge in [0.1, 0.15) is 0 Å². The standard InChI is InChI=1S/C17H27BO3/c1-13(2)11-19-12-14-7-9-15(10-8-14)18-20-16(3,4)17(5,6)21-18/h7-10,13H,11-12H2,1-6H3. The van der Waals surface area contributed by atoms with E-state index in [1.54, 1.807) is 0 Å². The molecular formula is C17H27BO3. The Hall–Kier alpha value is -0.835. The molecule has 0 atom stereocenters. The van der Waals surface area contributed by atoms with Gasteiger partial charge in [0.2, 0.25) is 0 Å². The Morgan fingerprint density at radius 1 is 1.00 bits per heavy atom. The zero-order chi connectivity index (χ0) is 15.7. The van der Waals surface area contributed by atoms with Gasteiger partial charge in [-0.05, 0) is 44.6 Å². The molecule has 4 heteroatoms. The maximum atomic E-state index is 6.05. The van der Waals surface area contributed by atoms with Crippen LogP contribution in [0.1, 0.15) is 47.1 Å². The fourth-order valence-electron chi connectivity index (χ4n) is 2.16. The highest BCUT2D eigenvalue weighted by molar-refractivity contribution is 6.62. The lowest BCUT2D eigenvalue weighted by Gasteiger charge is -2.32. The van der Waals surface area contributed by atoms with Gasteiger partial charge in [-0.3, -0.25) is 0 Å². The molecule has 0 unspecified atom stereocenters. The van der Waals surface area contributed by atoms with Gasteiger partial charge in [0.15, 0.2) is 0 Å². The van der Waals surface area contributed by atoms with Crippen LogP contribution >= 0.6 is 0 Å². The Labute approximate surface area is 129 Å². The number of ether oxygens (including phenoxy) is 1. The summed E-state index contributed by atoms with van der Waals surface area (Å²) in [6.07, 6.45) is 0. The van der Waals surface area contributed by atoms with Gasteiger partial charge < -0.3 is 14.0 Å². The average Bonchev–Trinajstić information content (AvgIpc) is 2.59. The van der Waals surface area contributed by atoms with Crippen molar-refractivity contribution in [3.8, 4) is 0 Å². The Balaban J connectivity index is 1.97. The van der Waals surface area contributed by atoms with E-state index in [4.69, 9.17) is 14.0 Å². The fourth-order valence-corrected chi connectivity index (χ4v) is 2.16. The third kappa shape index (κ3) is 3.88. The molecule has 0 bridgehead atoms. The van der Waals surface area contributed by atoms with Crippen molar-refractivity contribution >= 4 is 12.6 Å². The minimum atomic E-state index is -0.295. The Morgan fingerprint density at radius 3 is 2.00 bits per heavy atom. The van der Waals surface area contributed by atoms with E-state index >= 15 is 0 Å². The van der Waals surface area contributed by atoms with Crippen molar-refractivity contribution in [3.05, 3.63) is 29.8 Å². The first kappa shape index (κ1) is 16.5. The van der Waals surface area contributed by atoms with E-state index in [0.29, 0.717) is 12.5 Å². The predicted octanol–water partition coefficient (Wildman–Crippen LogP) is 3.16. The molecular weight excluding hydrogens is 263 g/mol. The van der Waals surface area contributed by atoms with E-state index < -0.39 is 0 Å². The van der Waals surface area contributed by atoms with Gasteiger partial charge in [0.05, 0.1) is 17.8 Å². The predicted molar refractivity (Wildman–Crippen MR) is 86.7 cm³/mol. The Bertz CT molecular complexity index is 449. The van der Waals surface area contributed by atoms with E-state index in [1.807, 2.05) is 0 Å². The zero-order valence-electron chi connectivity index (χ0n) is 14.1. The normalized spacial score (nSPS) is 20.2. The molecule has 2 rings (SSSR count). The molecule has 0 spiro atoms. The SMILES string of the molecule is CC(C)COCc1ccc(B2OC(C)(C)C(C)(C)O2)cc1. The topological polar surface area (TPSA) is 27.7 Å². The van der Waals surface area contributed by atoms with Crippen LogP contribution in [0.15, 0.2) is 24.3 Å². The van der Waals surface area contributed by atoms with Gasteiger partial charge in [0, 0.05) is 6.61 Å². The fraction of sp³-hybridized carbons (Fsp3) is 0.647. The van der Waals surface area contributed by atoms with Crippen LogP contribution in [0.25, 0.3) is 0 Å². The van der Waals surface area contributed by atoms with Crippen LogP contribution in [0.3, 0.4) is 0 Å². The summed E-state index contributed by atoms with van der Waals surface area (Å²) in [7, 11) is -0.291. The first-order valence-corrected chi connectivity index (χ1v) is 7.73.